The fourth-order valence-corrected chi connectivity index (χ4v) is 3.38. The highest BCUT2D eigenvalue weighted by Crippen LogP contribution is 2.38. The molecule has 1 aliphatic carbocycles. The van der Waals surface area contributed by atoms with Gasteiger partial charge in [-0.3, -0.25) is 4.90 Å². The Bertz CT molecular complexity index is 419. The Morgan fingerprint density at radius 1 is 1.32 bits per heavy atom. The van der Waals surface area contributed by atoms with E-state index in [1.165, 1.54) is 23.3 Å². The molecule has 104 valence electrons. The number of nitrogens with two attached hydrogens (primary N) is 1. The molecule has 1 aliphatic heterocycles. The summed E-state index contributed by atoms with van der Waals surface area (Å²) in [6, 6.07) is 9.97. The van der Waals surface area contributed by atoms with Gasteiger partial charge in [0.2, 0.25) is 0 Å². The van der Waals surface area contributed by atoms with Crippen LogP contribution in [0.1, 0.15) is 24.4 Å². The van der Waals surface area contributed by atoms with E-state index in [4.69, 9.17) is 10.5 Å². The van der Waals surface area contributed by atoms with Crippen LogP contribution in [-0.4, -0.2) is 43.0 Å². The van der Waals surface area contributed by atoms with Crippen molar-refractivity contribution >= 4 is 11.8 Å². The van der Waals surface area contributed by atoms with Gasteiger partial charge in [-0.25, -0.2) is 0 Å². The average Bonchev–Trinajstić information content (AvgIpc) is 3.31. The summed E-state index contributed by atoms with van der Waals surface area (Å²) in [5, 5.41) is 0. The van der Waals surface area contributed by atoms with E-state index in [0.29, 0.717) is 12.6 Å². The van der Waals surface area contributed by atoms with E-state index in [0.717, 1.165) is 19.2 Å². The fraction of sp³-hybridized carbons (Fsp3) is 0.600. The van der Waals surface area contributed by atoms with E-state index < -0.39 is 0 Å². The summed E-state index contributed by atoms with van der Waals surface area (Å²) >= 11 is 1.78. The predicted molar refractivity (Wildman–Crippen MR) is 79.5 cm³/mol. The van der Waals surface area contributed by atoms with Gasteiger partial charge in [0.25, 0.3) is 0 Å². The van der Waals surface area contributed by atoms with Gasteiger partial charge in [0.15, 0.2) is 0 Å². The van der Waals surface area contributed by atoms with Crippen LogP contribution in [0.5, 0.6) is 0 Å². The van der Waals surface area contributed by atoms with Crippen molar-refractivity contribution in [3.8, 4) is 0 Å². The summed E-state index contributed by atoms with van der Waals surface area (Å²) < 4.78 is 5.89. The normalized spacial score (nSPS) is 28.5. The molecule has 2 aliphatic rings. The third kappa shape index (κ3) is 2.82. The maximum Gasteiger partial charge on any atom is 0.0894 e. The Morgan fingerprint density at radius 3 is 2.63 bits per heavy atom. The van der Waals surface area contributed by atoms with Crippen LogP contribution in [0.4, 0.5) is 0 Å². The number of rotatable bonds is 4. The lowest BCUT2D eigenvalue weighted by atomic mass is 9.97. The van der Waals surface area contributed by atoms with Crippen LogP contribution < -0.4 is 5.73 Å². The molecular weight excluding hydrogens is 256 g/mol. The predicted octanol–water partition coefficient (Wildman–Crippen LogP) is 2.27. The lowest BCUT2D eigenvalue weighted by Gasteiger charge is -2.41. The van der Waals surface area contributed by atoms with Crippen molar-refractivity contribution in [2.75, 3.05) is 26.0 Å². The molecule has 2 fully saturated rings. The van der Waals surface area contributed by atoms with Crippen molar-refractivity contribution in [3.05, 3.63) is 29.8 Å². The molecule has 1 aromatic rings. The molecule has 0 radical (unpaired) electrons. The second-order valence-electron chi connectivity index (χ2n) is 5.33. The summed E-state index contributed by atoms with van der Waals surface area (Å²) in [5.41, 5.74) is 7.26. The lowest BCUT2D eigenvalue weighted by molar-refractivity contribution is -0.0712. The van der Waals surface area contributed by atoms with Crippen molar-refractivity contribution in [2.24, 2.45) is 5.73 Å². The molecule has 3 nitrogen and oxygen atoms in total. The van der Waals surface area contributed by atoms with Gasteiger partial charge in [-0.15, -0.1) is 11.8 Å². The summed E-state index contributed by atoms with van der Waals surface area (Å²) in [4.78, 5) is 3.91. The number of hydrogen-bond donors (Lipinski definition) is 1. The highest BCUT2D eigenvalue weighted by Gasteiger charge is 2.40. The summed E-state index contributed by atoms with van der Waals surface area (Å²) in [6.45, 7) is 2.45. The molecule has 0 spiro atoms. The third-order valence-electron chi connectivity index (χ3n) is 4.10. The molecule has 3 rings (SSSR count). The second-order valence-corrected chi connectivity index (χ2v) is 6.21. The van der Waals surface area contributed by atoms with Gasteiger partial charge >= 0.3 is 0 Å². The van der Waals surface area contributed by atoms with Gasteiger partial charge in [-0.2, -0.15) is 0 Å². The third-order valence-corrected chi connectivity index (χ3v) is 4.84. The van der Waals surface area contributed by atoms with Crippen LogP contribution in [-0.2, 0) is 4.74 Å². The molecular formula is C15H22N2OS. The quantitative estimate of drug-likeness (QED) is 0.858. The average molecular weight is 278 g/mol. The number of ether oxygens (including phenoxy) is 1. The number of benzene rings is 1. The first-order valence-corrected chi connectivity index (χ1v) is 8.27. The van der Waals surface area contributed by atoms with Crippen LogP contribution in [0, 0.1) is 0 Å². The highest BCUT2D eigenvalue weighted by atomic mass is 32.2. The first kappa shape index (κ1) is 13.4. The molecule has 1 saturated heterocycles. The zero-order valence-electron chi connectivity index (χ0n) is 11.4. The minimum absolute atomic E-state index is 0.134. The zero-order chi connectivity index (χ0) is 13.2. The van der Waals surface area contributed by atoms with Gasteiger partial charge < -0.3 is 10.5 Å². The van der Waals surface area contributed by atoms with Gasteiger partial charge in [0.1, 0.15) is 0 Å². The molecule has 2 N–H and O–H groups in total. The van der Waals surface area contributed by atoms with E-state index in [1.54, 1.807) is 11.8 Å². The van der Waals surface area contributed by atoms with Crippen LogP contribution >= 0.6 is 11.8 Å². The first-order chi connectivity index (χ1) is 9.33. The zero-order valence-corrected chi connectivity index (χ0v) is 12.2. The van der Waals surface area contributed by atoms with E-state index in [2.05, 4.69) is 35.4 Å². The van der Waals surface area contributed by atoms with Gasteiger partial charge in [-0.1, -0.05) is 12.1 Å². The maximum atomic E-state index is 5.91. The molecule has 4 heteroatoms. The summed E-state index contributed by atoms with van der Waals surface area (Å²) in [7, 11) is 0. The number of hydrogen-bond acceptors (Lipinski definition) is 4. The largest absolute Gasteiger partial charge is 0.374 e. The minimum Gasteiger partial charge on any atom is -0.374 e. The van der Waals surface area contributed by atoms with E-state index in [-0.39, 0.29) is 6.10 Å². The van der Waals surface area contributed by atoms with Gasteiger partial charge in [0.05, 0.1) is 18.8 Å². The van der Waals surface area contributed by atoms with E-state index in [1.807, 2.05) is 0 Å². The maximum absolute atomic E-state index is 5.91. The monoisotopic (exact) mass is 278 g/mol. The SMILES string of the molecule is CSc1ccc(C2C(CN)OCCN2C2CC2)cc1. The Morgan fingerprint density at radius 2 is 2.05 bits per heavy atom. The van der Waals surface area contributed by atoms with Crippen LogP contribution in [0.25, 0.3) is 0 Å². The first-order valence-electron chi connectivity index (χ1n) is 7.05. The minimum atomic E-state index is 0.134. The number of morpholine rings is 1. The van der Waals surface area contributed by atoms with Gasteiger partial charge in [0, 0.05) is 24.0 Å². The molecule has 0 aromatic heterocycles. The molecule has 19 heavy (non-hydrogen) atoms. The van der Waals surface area contributed by atoms with Crippen molar-refractivity contribution in [3.63, 3.8) is 0 Å². The molecule has 0 amide bonds. The van der Waals surface area contributed by atoms with E-state index in [9.17, 15) is 0 Å². The Balaban J connectivity index is 1.86. The van der Waals surface area contributed by atoms with Crippen molar-refractivity contribution in [1.29, 1.82) is 0 Å². The smallest absolute Gasteiger partial charge is 0.0894 e. The Kier molecular flexibility index (Phi) is 4.12. The number of nitrogens with zero attached hydrogens (tertiary/aromatic N) is 1. The topological polar surface area (TPSA) is 38.5 Å². The molecule has 2 atom stereocenters. The molecule has 1 aromatic carbocycles. The van der Waals surface area contributed by atoms with Crippen LogP contribution in [0.2, 0.25) is 0 Å². The summed E-state index contributed by atoms with van der Waals surface area (Å²) in [5.74, 6) is 0. The molecule has 2 unspecified atom stereocenters. The van der Waals surface area contributed by atoms with Crippen molar-refractivity contribution in [2.45, 2.75) is 35.9 Å². The lowest BCUT2D eigenvalue weighted by Crippen LogP contribution is -2.49. The Labute approximate surface area is 119 Å². The van der Waals surface area contributed by atoms with Gasteiger partial charge in [-0.05, 0) is 36.8 Å². The van der Waals surface area contributed by atoms with Crippen molar-refractivity contribution in [1.82, 2.24) is 4.90 Å². The molecule has 0 bridgehead atoms. The standard InChI is InChI=1S/C15H22N2OS/c1-19-13-6-2-11(3-7-13)15-14(10-16)18-9-8-17(15)12-4-5-12/h2-3,6-7,12,14-15H,4-5,8-10,16H2,1H3. The fourth-order valence-electron chi connectivity index (χ4n) is 2.97. The van der Waals surface area contributed by atoms with E-state index >= 15 is 0 Å². The molecule has 1 heterocycles. The van der Waals surface area contributed by atoms with Crippen LogP contribution in [0.15, 0.2) is 29.2 Å². The second kappa shape index (κ2) is 5.83. The Hall–Kier alpha value is -0.550. The van der Waals surface area contributed by atoms with Crippen molar-refractivity contribution < 1.29 is 4.74 Å². The highest BCUT2D eigenvalue weighted by molar-refractivity contribution is 7.98. The summed E-state index contributed by atoms with van der Waals surface area (Å²) in [6.07, 6.45) is 4.90. The van der Waals surface area contributed by atoms with Crippen LogP contribution in [0.3, 0.4) is 0 Å². The molecule has 1 saturated carbocycles. The number of thioether (sulfide) groups is 1.